The molecule has 1 amide bonds. The molecule has 0 aliphatic heterocycles. The van der Waals surface area contributed by atoms with Crippen molar-refractivity contribution >= 4 is 5.91 Å². The van der Waals surface area contributed by atoms with Crippen LogP contribution >= 0.6 is 0 Å². The van der Waals surface area contributed by atoms with E-state index in [1.807, 2.05) is 13.8 Å². The Hall–Kier alpha value is -1.62. The molecule has 4 aliphatic carbocycles. The third-order valence-electron chi connectivity index (χ3n) is 6.89. The van der Waals surface area contributed by atoms with Gasteiger partial charge in [0.1, 0.15) is 5.75 Å². The van der Waals surface area contributed by atoms with Crippen molar-refractivity contribution in [2.24, 2.45) is 17.3 Å². The monoisotopic (exact) mass is 358 g/mol. The van der Waals surface area contributed by atoms with Crippen LogP contribution in [0, 0.1) is 31.1 Å². The quantitative estimate of drug-likeness (QED) is 0.849. The van der Waals surface area contributed by atoms with Crippen molar-refractivity contribution in [2.75, 3.05) is 7.11 Å². The van der Waals surface area contributed by atoms with Gasteiger partial charge in [0.25, 0.3) is 0 Å². The standard InChI is InChI=1S/C21H30N2O3/c1-13-10-22-17(14(2)19(13)26-3)11-23-18(24)9-20-5-15-4-16(6-20)8-21(25,7-15)12-20/h10,15-16,25H,4-9,11-12H2,1-3H3,(H,23,24). The first-order chi connectivity index (χ1) is 12.3. The number of ether oxygens (including phenoxy) is 1. The van der Waals surface area contributed by atoms with Gasteiger partial charge in [-0.15, -0.1) is 0 Å². The summed E-state index contributed by atoms with van der Waals surface area (Å²) in [5, 5.41) is 13.9. The number of carbonyl (C=O) groups excluding carboxylic acids is 1. The molecule has 4 fully saturated rings. The number of hydrogen-bond acceptors (Lipinski definition) is 4. The second-order valence-corrected chi connectivity index (χ2v) is 9.19. The summed E-state index contributed by atoms with van der Waals surface area (Å²) in [6, 6.07) is 0. The van der Waals surface area contributed by atoms with E-state index in [-0.39, 0.29) is 11.3 Å². The Morgan fingerprint density at radius 1 is 1.31 bits per heavy atom. The molecule has 4 saturated carbocycles. The number of rotatable bonds is 5. The smallest absolute Gasteiger partial charge is 0.220 e. The number of pyridine rings is 1. The minimum Gasteiger partial charge on any atom is -0.496 e. The molecule has 1 aromatic rings. The number of hydrogen-bond donors (Lipinski definition) is 2. The van der Waals surface area contributed by atoms with Gasteiger partial charge in [-0.25, -0.2) is 0 Å². The lowest BCUT2D eigenvalue weighted by Gasteiger charge is -2.60. The van der Waals surface area contributed by atoms with Crippen molar-refractivity contribution in [3.63, 3.8) is 0 Å². The summed E-state index contributed by atoms with van der Waals surface area (Å²) in [5.74, 6) is 2.14. The number of amides is 1. The Labute approximate surface area is 155 Å². The molecule has 4 bridgehead atoms. The van der Waals surface area contributed by atoms with E-state index >= 15 is 0 Å². The minimum atomic E-state index is -0.507. The fourth-order valence-corrected chi connectivity index (χ4v) is 6.44. The van der Waals surface area contributed by atoms with Crippen molar-refractivity contribution in [2.45, 2.75) is 70.9 Å². The van der Waals surface area contributed by atoms with Crippen molar-refractivity contribution in [1.82, 2.24) is 10.3 Å². The van der Waals surface area contributed by atoms with Crippen molar-refractivity contribution < 1.29 is 14.6 Å². The molecule has 5 heteroatoms. The fraction of sp³-hybridized carbons (Fsp3) is 0.714. The lowest BCUT2D eigenvalue weighted by molar-refractivity contribution is -0.169. The number of nitrogens with one attached hydrogen (secondary N) is 1. The van der Waals surface area contributed by atoms with Crippen LogP contribution in [0.1, 0.15) is 61.8 Å². The molecule has 2 atom stereocenters. The van der Waals surface area contributed by atoms with E-state index in [4.69, 9.17) is 4.74 Å². The summed E-state index contributed by atoms with van der Waals surface area (Å²) in [7, 11) is 1.66. The molecule has 5 rings (SSSR count). The molecular weight excluding hydrogens is 328 g/mol. The summed E-state index contributed by atoms with van der Waals surface area (Å²) < 4.78 is 5.44. The zero-order chi connectivity index (χ0) is 18.5. The molecule has 0 radical (unpaired) electrons. The fourth-order valence-electron chi connectivity index (χ4n) is 6.44. The lowest BCUT2D eigenvalue weighted by atomic mass is 9.47. The highest BCUT2D eigenvalue weighted by molar-refractivity contribution is 5.76. The summed E-state index contributed by atoms with van der Waals surface area (Å²) in [4.78, 5) is 17.1. The Balaban J connectivity index is 1.41. The lowest BCUT2D eigenvalue weighted by Crippen LogP contribution is -2.56. The molecule has 26 heavy (non-hydrogen) atoms. The first-order valence-electron chi connectivity index (χ1n) is 9.80. The SMILES string of the molecule is COc1c(C)cnc(CNC(=O)CC23CC4CC(CC(O)(C4)C2)C3)c1C. The van der Waals surface area contributed by atoms with Gasteiger partial charge in [0, 0.05) is 23.7 Å². The Bertz CT molecular complexity index is 716. The molecule has 1 aromatic heterocycles. The van der Waals surface area contributed by atoms with Gasteiger partial charge in [0.15, 0.2) is 0 Å². The summed E-state index contributed by atoms with van der Waals surface area (Å²) >= 11 is 0. The molecule has 2 N–H and O–H groups in total. The van der Waals surface area contributed by atoms with E-state index < -0.39 is 5.60 Å². The maximum Gasteiger partial charge on any atom is 0.220 e. The van der Waals surface area contributed by atoms with Crippen LogP contribution in [0.2, 0.25) is 0 Å². The van der Waals surface area contributed by atoms with Crippen molar-refractivity contribution in [3.05, 3.63) is 23.0 Å². The molecule has 2 unspecified atom stereocenters. The average Bonchev–Trinajstić information content (AvgIpc) is 2.51. The summed E-state index contributed by atoms with van der Waals surface area (Å²) in [6.07, 6.45) is 8.47. The van der Waals surface area contributed by atoms with Gasteiger partial charge in [-0.1, -0.05) is 0 Å². The van der Waals surface area contributed by atoms with Crippen molar-refractivity contribution in [1.29, 1.82) is 0 Å². The Morgan fingerprint density at radius 2 is 2.00 bits per heavy atom. The second kappa shape index (κ2) is 6.22. The molecule has 4 aliphatic rings. The van der Waals surface area contributed by atoms with E-state index in [9.17, 15) is 9.90 Å². The van der Waals surface area contributed by atoms with Crippen LogP contribution in [-0.4, -0.2) is 28.7 Å². The molecule has 0 saturated heterocycles. The topological polar surface area (TPSA) is 71.5 Å². The van der Waals surface area contributed by atoms with E-state index in [2.05, 4.69) is 10.3 Å². The third-order valence-corrected chi connectivity index (χ3v) is 6.89. The summed E-state index contributed by atoms with van der Waals surface area (Å²) in [6.45, 7) is 4.38. The third kappa shape index (κ3) is 3.11. The normalized spacial score (nSPS) is 34.8. The highest BCUT2D eigenvalue weighted by Gasteiger charge is 2.57. The zero-order valence-electron chi connectivity index (χ0n) is 16.1. The predicted molar refractivity (Wildman–Crippen MR) is 98.8 cm³/mol. The van der Waals surface area contributed by atoms with Crippen LogP contribution in [-0.2, 0) is 11.3 Å². The first-order valence-corrected chi connectivity index (χ1v) is 9.80. The highest BCUT2D eigenvalue weighted by Crippen LogP contribution is 2.62. The van der Waals surface area contributed by atoms with Crippen LogP contribution in [0.15, 0.2) is 6.20 Å². The highest BCUT2D eigenvalue weighted by atomic mass is 16.5. The van der Waals surface area contributed by atoms with Gasteiger partial charge in [-0.05, 0) is 69.6 Å². The predicted octanol–water partition coefficient (Wildman–Crippen LogP) is 3.04. The largest absolute Gasteiger partial charge is 0.496 e. The van der Waals surface area contributed by atoms with Crippen LogP contribution in [0.25, 0.3) is 0 Å². The van der Waals surface area contributed by atoms with Gasteiger partial charge < -0.3 is 15.2 Å². The number of methoxy groups -OCH3 is 1. The molecular formula is C21H30N2O3. The van der Waals surface area contributed by atoms with Gasteiger partial charge in [0.2, 0.25) is 5.91 Å². The molecule has 142 valence electrons. The van der Waals surface area contributed by atoms with E-state index in [1.165, 1.54) is 6.42 Å². The van der Waals surface area contributed by atoms with Crippen LogP contribution in [0.5, 0.6) is 5.75 Å². The number of carbonyl (C=O) groups is 1. The average molecular weight is 358 g/mol. The zero-order valence-corrected chi connectivity index (χ0v) is 16.1. The van der Waals surface area contributed by atoms with Gasteiger partial charge in [-0.3, -0.25) is 9.78 Å². The van der Waals surface area contributed by atoms with Gasteiger partial charge in [-0.2, -0.15) is 0 Å². The molecule has 0 aromatic carbocycles. The molecule has 0 spiro atoms. The first kappa shape index (κ1) is 17.8. The maximum atomic E-state index is 12.7. The summed E-state index contributed by atoms with van der Waals surface area (Å²) in [5.41, 5.74) is 2.34. The van der Waals surface area contributed by atoms with Crippen molar-refractivity contribution in [3.8, 4) is 5.75 Å². The second-order valence-electron chi connectivity index (χ2n) is 9.19. The van der Waals surface area contributed by atoms with Crippen LogP contribution < -0.4 is 10.1 Å². The number of aryl methyl sites for hydroxylation is 1. The molecule has 5 nitrogen and oxygen atoms in total. The van der Waals surface area contributed by atoms with E-state index in [0.717, 1.165) is 54.7 Å². The number of aliphatic hydroxyl groups is 1. The molecule has 1 heterocycles. The van der Waals surface area contributed by atoms with E-state index in [1.54, 1.807) is 13.3 Å². The maximum absolute atomic E-state index is 12.7. The van der Waals surface area contributed by atoms with Gasteiger partial charge in [0.05, 0.1) is 24.9 Å². The van der Waals surface area contributed by atoms with E-state index in [0.29, 0.717) is 24.8 Å². The van der Waals surface area contributed by atoms with Crippen LogP contribution in [0.3, 0.4) is 0 Å². The number of aromatic nitrogens is 1. The minimum absolute atomic E-state index is 0.0103. The van der Waals surface area contributed by atoms with Crippen LogP contribution in [0.4, 0.5) is 0 Å². The Morgan fingerprint density at radius 3 is 2.62 bits per heavy atom. The number of nitrogens with zero attached hydrogens (tertiary/aromatic N) is 1. The Kier molecular flexibility index (Phi) is 4.25. The van der Waals surface area contributed by atoms with Gasteiger partial charge >= 0.3 is 0 Å².